The van der Waals surface area contributed by atoms with Crippen LogP contribution in [0.1, 0.15) is 17.5 Å². The van der Waals surface area contributed by atoms with E-state index in [1.807, 2.05) is 6.08 Å². The Hall–Kier alpha value is -1.12. The molecule has 0 aromatic heterocycles. The lowest BCUT2D eigenvalue weighted by Gasteiger charge is -2.24. The van der Waals surface area contributed by atoms with Crippen molar-refractivity contribution in [2.24, 2.45) is 5.41 Å². The van der Waals surface area contributed by atoms with E-state index in [0.29, 0.717) is 6.61 Å². The largest absolute Gasteiger partial charge is 0.396 e. The average Bonchev–Trinajstić information content (AvgIpc) is 2.76. The quantitative estimate of drug-likeness (QED) is 0.808. The molecule has 92 valence electrons. The molecule has 0 amide bonds. The van der Waals surface area contributed by atoms with Crippen molar-refractivity contribution >= 4 is 0 Å². The van der Waals surface area contributed by atoms with E-state index in [4.69, 9.17) is 4.74 Å². The van der Waals surface area contributed by atoms with Gasteiger partial charge in [-0.1, -0.05) is 35.9 Å². The van der Waals surface area contributed by atoms with Gasteiger partial charge < -0.3 is 9.84 Å². The second-order valence-corrected chi connectivity index (χ2v) is 5.11. The molecule has 0 aliphatic carbocycles. The molecule has 0 saturated carbocycles. The maximum absolute atomic E-state index is 9.63. The molecule has 1 N–H and O–H groups in total. The lowest BCUT2D eigenvalue weighted by Crippen LogP contribution is -2.28. The van der Waals surface area contributed by atoms with Crippen LogP contribution in [0.25, 0.3) is 0 Å². The van der Waals surface area contributed by atoms with Gasteiger partial charge in [-0.2, -0.15) is 0 Å². The van der Waals surface area contributed by atoms with E-state index in [9.17, 15) is 5.11 Å². The van der Waals surface area contributed by atoms with Crippen molar-refractivity contribution < 1.29 is 9.84 Å². The van der Waals surface area contributed by atoms with Crippen molar-refractivity contribution in [3.8, 4) is 0 Å². The fraction of sp³-hybridized carbons (Fsp3) is 0.467. The third-order valence-corrected chi connectivity index (χ3v) is 3.54. The van der Waals surface area contributed by atoms with E-state index in [-0.39, 0.29) is 18.1 Å². The molecular weight excluding hydrogens is 212 g/mol. The number of rotatable bonds is 4. The zero-order valence-electron chi connectivity index (χ0n) is 10.4. The standard InChI is InChI=1S/C15H20O2/c1-3-14-9-15(10-16,11-17-14)8-13-6-4-12(2)5-7-13/h3-7,14,16H,1,8-11H2,2H3/t14-,15-/m1/s1. The summed E-state index contributed by atoms with van der Waals surface area (Å²) in [6, 6.07) is 8.49. The van der Waals surface area contributed by atoms with E-state index in [1.54, 1.807) is 0 Å². The van der Waals surface area contributed by atoms with Crippen molar-refractivity contribution in [2.75, 3.05) is 13.2 Å². The summed E-state index contributed by atoms with van der Waals surface area (Å²) in [4.78, 5) is 0. The lowest BCUT2D eigenvalue weighted by atomic mass is 9.80. The summed E-state index contributed by atoms with van der Waals surface area (Å²) in [5, 5.41) is 9.63. The molecule has 1 saturated heterocycles. The van der Waals surface area contributed by atoms with Crippen molar-refractivity contribution in [3.05, 3.63) is 48.0 Å². The number of ether oxygens (including phenoxy) is 1. The van der Waals surface area contributed by atoms with Gasteiger partial charge in [-0.05, 0) is 25.3 Å². The minimum absolute atomic E-state index is 0.0904. The van der Waals surface area contributed by atoms with Crippen LogP contribution in [0.4, 0.5) is 0 Å². The van der Waals surface area contributed by atoms with Crippen LogP contribution in [0.5, 0.6) is 0 Å². The minimum atomic E-state index is -0.131. The maximum Gasteiger partial charge on any atom is 0.0760 e. The van der Waals surface area contributed by atoms with E-state index < -0.39 is 0 Å². The molecule has 0 spiro atoms. The second-order valence-electron chi connectivity index (χ2n) is 5.11. The molecule has 1 aliphatic heterocycles. The number of aliphatic hydroxyl groups is 1. The van der Waals surface area contributed by atoms with Gasteiger partial charge in [-0.25, -0.2) is 0 Å². The van der Waals surface area contributed by atoms with Gasteiger partial charge in [0.2, 0.25) is 0 Å². The van der Waals surface area contributed by atoms with Crippen LogP contribution in [0.3, 0.4) is 0 Å². The predicted octanol–water partition coefficient (Wildman–Crippen LogP) is 2.49. The fourth-order valence-electron chi connectivity index (χ4n) is 2.41. The summed E-state index contributed by atoms with van der Waals surface area (Å²) in [5.41, 5.74) is 2.39. The Labute approximate surface area is 103 Å². The summed E-state index contributed by atoms with van der Waals surface area (Å²) in [7, 11) is 0. The van der Waals surface area contributed by atoms with E-state index in [2.05, 4.69) is 37.8 Å². The first-order chi connectivity index (χ1) is 8.17. The Bertz CT molecular complexity index is 382. The first-order valence-electron chi connectivity index (χ1n) is 6.08. The first kappa shape index (κ1) is 12.3. The second kappa shape index (κ2) is 5.03. The molecule has 1 aliphatic rings. The normalized spacial score (nSPS) is 28.2. The number of hydrogen-bond donors (Lipinski definition) is 1. The zero-order chi connectivity index (χ0) is 12.3. The average molecular weight is 232 g/mol. The molecule has 1 fully saturated rings. The van der Waals surface area contributed by atoms with E-state index in [1.165, 1.54) is 11.1 Å². The topological polar surface area (TPSA) is 29.5 Å². The molecule has 2 heteroatoms. The zero-order valence-corrected chi connectivity index (χ0v) is 10.4. The molecular formula is C15H20O2. The van der Waals surface area contributed by atoms with Crippen LogP contribution in [-0.4, -0.2) is 24.4 Å². The number of aryl methyl sites for hydroxylation is 1. The molecule has 2 atom stereocenters. The van der Waals surface area contributed by atoms with E-state index in [0.717, 1.165) is 12.8 Å². The monoisotopic (exact) mass is 232 g/mol. The summed E-state index contributed by atoms with van der Waals surface area (Å²) in [6.07, 6.45) is 3.65. The predicted molar refractivity (Wildman–Crippen MR) is 69.0 cm³/mol. The van der Waals surface area contributed by atoms with Crippen LogP contribution in [-0.2, 0) is 11.2 Å². The van der Waals surface area contributed by atoms with Crippen LogP contribution >= 0.6 is 0 Å². The highest BCUT2D eigenvalue weighted by Gasteiger charge is 2.38. The van der Waals surface area contributed by atoms with Crippen molar-refractivity contribution in [1.29, 1.82) is 0 Å². The summed E-state index contributed by atoms with van der Waals surface area (Å²) < 4.78 is 5.63. The van der Waals surface area contributed by atoms with Gasteiger partial charge in [0.25, 0.3) is 0 Å². The van der Waals surface area contributed by atoms with Gasteiger partial charge >= 0.3 is 0 Å². The van der Waals surface area contributed by atoms with E-state index >= 15 is 0 Å². The summed E-state index contributed by atoms with van der Waals surface area (Å²) in [6.45, 7) is 6.63. The van der Waals surface area contributed by atoms with Crippen LogP contribution in [0, 0.1) is 12.3 Å². The van der Waals surface area contributed by atoms with Gasteiger partial charge in [-0.15, -0.1) is 6.58 Å². The smallest absolute Gasteiger partial charge is 0.0760 e. The Kier molecular flexibility index (Phi) is 3.65. The van der Waals surface area contributed by atoms with Crippen LogP contribution in [0.15, 0.2) is 36.9 Å². The first-order valence-corrected chi connectivity index (χ1v) is 6.08. The molecule has 0 unspecified atom stereocenters. The van der Waals surface area contributed by atoms with Gasteiger partial charge in [-0.3, -0.25) is 0 Å². The van der Waals surface area contributed by atoms with Crippen molar-refractivity contribution in [2.45, 2.75) is 25.9 Å². The molecule has 2 nitrogen and oxygen atoms in total. The van der Waals surface area contributed by atoms with Gasteiger partial charge in [0, 0.05) is 5.41 Å². The number of hydrogen-bond acceptors (Lipinski definition) is 2. The molecule has 17 heavy (non-hydrogen) atoms. The highest BCUT2D eigenvalue weighted by Crippen LogP contribution is 2.36. The van der Waals surface area contributed by atoms with Crippen LogP contribution < -0.4 is 0 Å². The highest BCUT2D eigenvalue weighted by molar-refractivity contribution is 5.23. The fourth-order valence-corrected chi connectivity index (χ4v) is 2.41. The van der Waals surface area contributed by atoms with Gasteiger partial charge in [0.15, 0.2) is 0 Å². The Morgan fingerprint density at radius 3 is 2.71 bits per heavy atom. The van der Waals surface area contributed by atoms with Gasteiger partial charge in [0.05, 0.1) is 19.3 Å². The van der Waals surface area contributed by atoms with Gasteiger partial charge in [0.1, 0.15) is 0 Å². The number of aliphatic hydroxyl groups excluding tert-OH is 1. The lowest BCUT2D eigenvalue weighted by molar-refractivity contribution is 0.0835. The Balaban J connectivity index is 2.10. The highest BCUT2D eigenvalue weighted by atomic mass is 16.5. The van der Waals surface area contributed by atoms with Crippen molar-refractivity contribution in [3.63, 3.8) is 0 Å². The minimum Gasteiger partial charge on any atom is -0.396 e. The Morgan fingerprint density at radius 2 is 2.18 bits per heavy atom. The maximum atomic E-state index is 9.63. The third kappa shape index (κ3) is 2.76. The number of benzene rings is 1. The molecule has 0 radical (unpaired) electrons. The molecule has 0 bridgehead atoms. The third-order valence-electron chi connectivity index (χ3n) is 3.54. The summed E-state index contributed by atoms with van der Waals surface area (Å²) in [5.74, 6) is 0. The Morgan fingerprint density at radius 1 is 1.47 bits per heavy atom. The van der Waals surface area contributed by atoms with Crippen LogP contribution in [0.2, 0.25) is 0 Å². The summed E-state index contributed by atoms with van der Waals surface area (Å²) >= 11 is 0. The molecule has 1 heterocycles. The molecule has 1 aromatic carbocycles. The SMILES string of the molecule is C=C[C@@H]1C[C@@](CO)(Cc2ccc(C)cc2)CO1. The molecule has 2 rings (SSSR count). The molecule has 1 aromatic rings. The van der Waals surface area contributed by atoms with Crippen molar-refractivity contribution in [1.82, 2.24) is 0 Å².